The predicted octanol–water partition coefficient (Wildman–Crippen LogP) is 3.29. The quantitative estimate of drug-likeness (QED) is 0.515. The first-order valence-corrected chi connectivity index (χ1v) is 7.37. The van der Waals surface area contributed by atoms with Gasteiger partial charge in [0.15, 0.2) is 0 Å². The molecule has 3 N–H and O–H groups in total. The lowest BCUT2D eigenvalue weighted by Gasteiger charge is -2.08. The van der Waals surface area contributed by atoms with Crippen LogP contribution >= 0.6 is 15.9 Å². The molecule has 1 saturated heterocycles. The maximum atomic E-state index is 5.78. The molecule has 1 aliphatic heterocycles. The minimum absolute atomic E-state index is 0.413. The van der Waals surface area contributed by atoms with Gasteiger partial charge in [-0.15, -0.1) is 0 Å². The number of hydrogen-bond acceptors (Lipinski definition) is 2. The van der Waals surface area contributed by atoms with Gasteiger partial charge in [-0.25, -0.2) is 4.99 Å². The second-order valence-corrected chi connectivity index (χ2v) is 5.91. The summed E-state index contributed by atoms with van der Waals surface area (Å²) < 4.78 is 1.06. The molecule has 1 atom stereocenters. The summed E-state index contributed by atoms with van der Waals surface area (Å²) in [6.45, 7) is 2.83. The van der Waals surface area contributed by atoms with Crippen molar-refractivity contribution in [2.45, 2.75) is 13.0 Å². The van der Waals surface area contributed by atoms with E-state index in [1.165, 1.54) is 10.8 Å². The van der Waals surface area contributed by atoms with E-state index in [1.54, 1.807) is 0 Å². The minimum atomic E-state index is 0.413. The zero-order valence-electron chi connectivity index (χ0n) is 11.2. The van der Waals surface area contributed by atoms with Crippen molar-refractivity contribution >= 4 is 38.2 Å². The standard InChI is InChI=1S/C16H16BrN3/c1-10(18)20-16(8-13-9-19-13)14-4-2-3-11-5-6-12(17)7-15(11)14/h2-8,13,19H,9H2,1H3,(H2,18,20)/b16-8-. The molecule has 1 aliphatic rings. The first kappa shape index (κ1) is 13.3. The van der Waals surface area contributed by atoms with Gasteiger partial charge in [-0.2, -0.15) is 0 Å². The van der Waals surface area contributed by atoms with Crippen LogP contribution in [0.5, 0.6) is 0 Å². The molecule has 0 saturated carbocycles. The molecule has 0 aromatic heterocycles. The van der Waals surface area contributed by atoms with E-state index in [-0.39, 0.29) is 0 Å². The number of benzene rings is 2. The highest BCUT2D eigenvalue weighted by atomic mass is 79.9. The van der Waals surface area contributed by atoms with Crippen LogP contribution in [0, 0.1) is 0 Å². The van der Waals surface area contributed by atoms with Crippen molar-refractivity contribution in [3.05, 3.63) is 52.5 Å². The highest BCUT2D eigenvalue weighted by Crippen LogP contribution is 2.29. The van der Waals surface area contributed by atoms with Crippen molar-refractivity contribution in [2.75, 3.05) is 6.54 Å². The number of rotatable bonds is 3. The third-order valence-electron chi connectivity index (χ3n) is 3.22. The Morgan fingerprint density at radius 1 is 1.40 bits per heavy atom. The molecular formula is C16H16BrN3. The Morgan fingerprint density at radius 3 is 2.90 bits per heavy atom. The van der Waals surface area contributed by atoms with Gasteiger partial charge in [-0.1, -0.05) is 40.2 Å². The monoisotopic (exact) mass is 329 g/mol. The van der Waals surface area contributed by atoms with Crippen LogP contribution < -0.4 is 11.1 Å². The normalized spacial score (nSPS) is 19.4. The summed E-state index contributed by atoms with van der Waals surface area (Å²) in [5.41, 5.74) is 7.83. The van der Waals surface area contributed by atoms with Crippen LogP contribution in [0.4, 0.5) is 0 Å². The molecule has 4 heteroatoms. The Labute approximate surface area is 126 Å². The van der Waals surface area contributed by atoms with E-state index in [0.29, 0.717) is 11.9 Å². The van der Waals surface area contributed by atoms with E-state index in [1.807, 2.05) is 6.92 Å². The van der Waals surface area contributed by atoms with Crippen molar-refractivity contribution in [1.82, 2.24) is 5.32 Å². The largest absolute Gasteiger partial charge is 0.387 e. The number of nitrogens with one attached hydrogen (secondary N) is 1. The van der Waals surface area contributed by atoms with Crippen molar-refractivity contribution in [3.8, 4) is 0 Å². The molecule has 102 valence electrons. The Morgan fingerprint density at radius 2 is 2.20 bits per heavy atom. The summed E-state index contributed by atoms with van der Waals surface area (Å²) in [5, 5.41) is 5.65. The lowest BCUT2D eigenvalue weighted by Crippen LogP contribution is -2.05. The van der Waals surface area contributed by atoms with Gasteiger partial charge in [0.2, 0.25) is 0 Å². The third-order valence-corrected chi connectivity index (χ3v) is 3.71. The first-order valence-electron chi connectivity index (χ1n) is 6.58. The highest BCUT2D eigenvalue weighted by Gasteiger charge is 2.19. The van der Waals surface area contributed by atoms with Crippen molar-refractivity contribution < 1.29 is 0 Å². The zero-order valence-corrected chi connectivity index (χ0v) is 12.8. The van der Waals surface area contributed by atoms with Crippen molar-refractivity contribution in [3.63, 3.8) is 0 Å². The van der Waals surface area contributed by atoms with Gasteiger partial charge in [-0.05, 0) is 35.9 Å². The molecule has 3 nitrogen and oxygen atoms in total. The van der Waals surface area contributed by atoms with Gasteiger partial charge in [0.05, 0.1) is 11.5 Å². The van der Waals surface area contributed by atoms with Gasteiger partial charge in [0.1, 0.15) is 0 Å². The molecule has 1 heterocycles. The number of hydrogen-bond donors (Lipinski definition) is 2. The number of nitrogens with two attached hydrogens (primary N) is 1. The SMILES string of the molecule is CC(N)=N/C(=C\C1CN1)c1cccc2ccc(Br)cc12. The topological polar surface area (TPSA) is 60.3 Å². The van der Waals surface area contributed by atoms with Crippen LogP contribution in [-0.2, 0) is 0 Å². The molecule has 2 aromatic carbocycles. The Kier molecular flexibility index (Phi) is 3.59. The molecular weight excluding hydrogens is 314 g/mol. The number of aliphatic imine (C=N–C) groups is 1. The maximum Gasteiger partial charge on any atom is 0.0965 e. The Bertz CT molecular complexity index is 711. The molecule has 0 aliphatic carbocycles. The lowest BCUT2D eigenvalue weighted by molar-refractivity contribution is 1.20. The predicted molar refractivity (Wildman–Crippen MR) is 88.7 cm³/mol. The molecule has 20 heavy (non-hydrogen) atoms. The average Bonchev–Trinajstić information content (AvgIpc) is 3.20. The smallest absolute Gasteiger partial charge is 0.0965 e. The van der Waals surface area contributed by atoms with E-state index < -0.39 is 0 Å². The molecule has 0 amide bonds. The van der Waals surface area contributed by atoms with E-state index in [0.717, 1.165) is 22.3 Å². The molecule has 1 fully saturated rings. The maximum absolute atomic E-state index is 5.78. The number of nitrogens with zero attached hydrogens (tertiary/aromatic N) is 1. The molecule has 3 rings (SSSR count). The molecule has 1 unspecified atom stereocenters. The molecule has 0 spiro atoms. The van der Waals surface area contributed by atoms with E-state index in [2.05, 4.69) is 68.7 Å². The third kappa shape index (κ3) is 2.92. The number of fused-ring (bicyclic) bond motifs is 1. The van der Waals surface area contributed by atoms with Crippen LogP contribution in [0.25, 0.3) is 16.5 Å². The lowest BCUT2D eigenvalue weighted by atomic mass is 10.0. The second-order valence-electron chi connectivity index (χ2n) is 4.99. The summed E-state index contributed by atoms with van der Waals surface area (Å²) in [7, 11) is 0. The molecule has 2 aromatic rings. The van der Waals surface area contributed by atoms with Gasteiger partial charge in [0.25, 0.3) is 0 Å². The van der Waals surface area contributed by atoms with Gasteiger partial charge in [-0.3, -0.25) is 0 Å². The average molecular weight is 330 g/mol. The van der Waals surface area contributed by atoms with E-state index >= 15 is 0 Å². The summed E-state index contributed by atoms with van der Waals surface area (Å²) in [6.07, 6.45) is 2.14. The summed E-state index contributed by atoms with van der Waals surface area (Å²) in [6, 6.07) is 13.0. The van der Waals surface area contributed by atoms with Gasteiger partial charge >= 0.3 is 0 Å². The van der Waals surface area contributed by atoms with Crippen molar-refractivity contribution in [1.29, 1.82) is 0 Å². The van der Waals surface area contributed by atoms with Crippen LogP contribution in [0.1, 0.15) is 12.5 Å². The Balaban J connectivity index is 2.20. The molecule has 0 radical (unpaired) electrons. The fourth-order valence-electron chi connectivity index (χ4n) is 2.22. The summed E-state index contributed by atoms with van der Waals surface area (Å²) in [4.78, 5) is 4.51. The van der Waals surface area contributed by atoms with Crippen LogP contribution in [0.15, 0.2) is 51.9 Å². The van der Waals surface area contributed by atoms with E-state index in [9.17, 15) is 0 Å². The number of amidine groups is 1. The summed E-state index contributed by atoms with van der Waals surface area (Å²) in [5.74, 6) is 0.573. The highest BCUT2D eigenvalue weighted by molar-refractivity contribution is 9.10. The van der Waals surface area contributed by atoms with Crippen LogP contribution in [-0.4, -0.2) is 18.4 Å². The van der Waals surface area contributed by atoms with Crippen LogP contribution in [0.3, 0.4) is 0 Å². The van der Waals surface area contributed by atoms with Crippen LogP contribution in [0.2, 0.25) is 0 Å². The minimum Gasteiger partial charge on any atom is -0.387 e. The van der Waals surface area contributed by atoms with E-state index in [4.69, 9.17) is 5.73 Å². The molecule has 0 bridgehead atoms. The Hall–Kier alpha value is -1.65. The van der Waals surface area contributed by atoms with Gasteiger partial charge in [0, 0.05) is 22.6 Å². The zero-order chi connectivity index (χ0) is 14.1. The van der Waals surface area contributed by atoms with Gasteiger partial charge < -0.3 is 11.1 Å². The van der Waals surface area contributed by atoms with Crippen molar-refractivity contribution in [2.24, 2.45) is 10.7 Å². The fourth-order valence-corrected chi connectivity index (χ4v) is 2.58. The second kappa shape index (κ2) is 5.38. The fraction of sp³-hybridized carbons (Fsp3) is 0.188. The number of halogens is 1. The summed E-state index contributed by atoms with van der Waals surface area (Å²) >= 11 is 3.54. The first-order chi connectivity index (χ1) is 9.63.